The number of ether oxygens (including phenoxy) is 6. The molecule has 248 valence electrons. The molecule has 45 heavy (non-hydrogen) atoms. The van der Waals surface area contributed by atoms with Crippen LogP contribution in [-0.4, -0.2) is 132 Å². The molecule has 1 aromatic rings. The first-order valence-corrected chi connectivity index (χ1v) is 15.0. The summed E-state index contributed by atoms with van der Waals surface area (Å²) in [7, 11) is 2.03. The molecule has 0 aliphatic carbocycles. The van der Waals surface area contributed by atoms with E-state index in [1.165, 1.54) is 18.2 Å². The quantitative estimate of drug-likeness (QED) is 0.0805. The number of hydrogen-bond donors (Lipinski definition) is 3. The van der Waals surface area contributed by atoms with Gasteiger partial charge in [0.05, 0.1) is 77.2 Å². The minimum absolute atomic E-state index is 0.0121. The molecule has 0 saturated carbocycles. The van der Waals surface area contributed by atoms with Gasteiger partial charge in [0.25, 0.3) is 17.7 Å². The van der Waals surface area contributed by atoms with Crippen molar-refractivity contribution in [3.8, 4) is 5.75 Å². The molecule has 2 heterocycles. The van der Waals surface area contributed by atoms with E-state index in [0.29, 0.717) is 66.0 Å². The first kappa shape index (κ1) is 35.9. The van der Waals surface area contributed by atoms with Crippen LogP contribution in [0, 0.1) is 0 Å². The summed E-state index contributed by atoms with van der Waals surface area (Å²) in [4.78, 5) is 73.4. The fourth-order valence-corrected chi connectivity index (χ4v) is 4.43. The number of nitrogens with zero attached hydrogens (tertiary/aromatic N) is 1. The molecule has 1 saturated heterocycles. The first-order valence-electron chi connectivity index (χ1n) is 14.5. The molecular weight excluding hydrogens is 615 g/mol. The minimum atomic E-state index is -1.10. The van der Waals surface area contributed by atoms with Gasteiger partial charge in [-0.05, 0) is 27.8 Å². The SMILES string of the molecule is O=C(P)NCCOCCOCCOCCOCCOCCNC(=O)COc1cccc2c1C(=O)N(C1CCC(=O)NC1=O)C2=O. The number of piperidine rings is 1. The number of hydrogen-bond acceptors (Lipinski definition) is 12. The molecule has 3 N–H and O–H groups in total. The first-order chi connectivity index (χ1) is 21.8. The Morgan fingerprint density at radius 3 is 1.91 bits per heavy atom. The Bertz CT molecular complexity index is 1200. The Hall–Kier alpha value is -3.53. The molecule has 16 nitrogen and oxygen atoms in total. The lowest BCUT2D eigenvalue weighted by Crippen LogP contribution is -2.54. The molecule has 2 atom stereocenters. The third kappa shape index (κ3) is 12.1. The van der Waals surface area contributed by atoms with Gasteiger partial charge in [0, 0.05) is 19.5 Å². The van der Waals surface area contributed by atoms with Gasteiger partial charge in [0.15, 0.2) is 6.61 Å². The van der Waals surface area contributed by atoms with Crippen molar-refractivity contribution < 1.29 is 57.2 Å². The lowest BCUT2D eigenvalue weighted by molar-refractivity contribution is -0.136. The Morgan fingerprint density at radius 1 is 0.800 bits per heavy atom. The molecular formula is C28H39N4O12P. The summed E-state index contributed by atoms with van der Waals surface area (Å²) in [5.41, 5.74) is -0.138. The fraction of sp³-hybridized carbons (Fsp3) is 0.571. The Labute approximate surface area is 262 Å². The molecule has 0 bridgehead atoms. The zero-order valence-electron chi connectivity index (χ0n) is 24.8. The number of rotatable bonds is 22. The minimum Gasteiger partial charge on any atom is -0.483 e. The number of amides is 6. The smallest absolute Gasteiger partial charge is 0.266 e. The van der Waals surface area contributed by atoms with Crippen LogP contribution in [0.2, 0.25) is 0 Å². The second-order valence-electron chi connectivity index (χ2n) is 9.62. The van der Waals surface area contributed by atoms with Gasteiger partial charge in [-0.25, -0.2) is 0 Å². The van der Waals surface area contributed by atoms with Crippen molar-refractivity contribution in [2.75, 3.05) is 85.8 Å². The number of benzene rings is 1. The zero-order valence-corrected chi connectivity index (χ0v) is 26.0. The lowest BCUT2D eigenvalue weighted by atomic mass is 10.0. The maximum Gasteiger partial charge on any atom is 0.266 e. The average Bonchev–Trinajstić information content (AvgIpc) is 3.26. The van der Waals surface area contributed by atoms with Gasteiger partial charge < -0.3 is 39.1 Å². The maximum absolute atomic E-state index is 13.1. The number of imide groups is 2. The molecule has 0 spiro atoms. The van der Waals surface area contributed by atoms with E-state index in [1.807, 2.05) is 9.24 Å². The molecule has 0 aromatic heterocycles. The molecule has 0 radical (unpaired) electrons. The highest BCUT2D eigenvalue weighted by Crippen LogP contribution is 2.33. The number of carbonyl (C=O) groups excluding carboxylic acids is 6. The summed E-state index contributed by atoms with van der Waals surface area (Å²) in [6.45, 7) is 4.14. The van der Waals surface area contributed by atoms with E-state index >= 15 is 0 Å². The van der Waals surface area contributed by atoms with Crippen LogP contribution >= 0.6 is 9.24 Å². The summed E-state index contributed by atoms with van der Waals surface area (Å²) in [5, 5.41) is 7.38. The predicted molar refractivity (Wildman–Crippen MR) is 159 cm³/mol. The largest absolute Gasteiger partial charge is 0.483 e. The van der Waals surface area contributed by atoms with Crippen molar-refractivity contribution in [1.29, 1.82) is 0 Å². The normalized spacial score (nSPS) is 16.0. The molecule has 3 rings (SSSR count). The molecule has 2 aliphatic rings. The van der Waals surface area contributed by atoms with E-state index in [-0.39, 0.29) is 48.5 Å². The lowest BCUT2D eigenvalue weighted by Gasteiger charge is -2.27. The molecule has 2 aliphatic heterocycles. The monoisotopic (exact) mass is 654 g/mol. The second kappa shape index (κ2) is 19.8. The number of carbonyl (C=O) groups is 6. The van der Waals surface area contributed by atoms with Gasteiger partial charge in [-0.2, -0.15) is 0 Å². The van der Waals surface area contributed by atoms with E-state index < -0.39 is 42.2 Å². The van der Waals surface area contributed by atoms with Crippen LogP contribution in [-0.2, 0) is 38.1 Å². The van der Waals surface area contributed by atoms with Crippen LogP contribution in [0.25, 0.3) is 0 Å². The Morgan fingerprint density at radius 2 is 1.36 bits per heavy atom. The standard InChI is InChI=1S/C28H39N4O12P/c33-22-5-4-20(25(35)31-22)32-26(36)19-2-1-3-21(24(19)27(32)37)44-18-23(34)29-6-8-39-10-12-41-14-16-43-17-15-42-13-11-40-9-7-30-28(38)45/h1-3,20H,4-18,45H2,(H,29,34)(H,30,38)(H,31,33,35). The van der Waals surface area contributed by atoms with Gasteiger partial charge in [-0.15, -0.1) is 0 Å². The van der Waals surface area contributed by atoms with Crippen molar-refractivity contribution in [3.05, 3.63) is 29.3 Å². The summed E-state index contributed by atoms with van der Waals surface area (Å²) < 4.78 is 32.4. The topological polar surface area (TPSA) is 197 Å². The highest BCUT2D eigenvalue weighted by Gasteiger charge is 2.46. The van der Waals surface area contributed by atoms with Gasteiger partial charge in [0.1, 0.15) is 11.8 Å². The van der Waals surface area contributed by atoms with Crippen LogP contribution in [0.4, 0.5) is 4.79 Å². The van der Waals surface area contributed by atoms with Crippen molar-refractivity contribution in [2.45, 2.75) is 18.9 Å². The van der Waals surface area contributed by atoms with E-state index in [0.717, 1.165) is 4.90 Å². The predicted octanol–water partition coefficient (Wildman–Crippen LogP) is -0.749. The summed E-state index contributed by atoms with van der Waals surface area (Å²) in [6, 6.07) is 3.32. The van der Waals surface area contributed by atoms with E-state index in [4.69, 9.17) is 28.4 Å². The van der Waals surface area contributed by atoms with Crippen LogP contribution in [0.3, 0.4) is 0 Å². The Kier molecular flexibility index (Phi) is 15.8. The van der Waals surface area contributed by atoms with Gasteiger partial charge in [0.2, 0.25) is 17.5 Å². The molecule has 17 heteroatoms. The van der Waals surface area contributed by atoms with E-state index in [1.54, 1.807) is 0 Å². The van der Waals surface area contributed by atoms with Gasteiger partial charge in [-0.1, -0.05) is 6.07 Å². The molecule has 6 amide bonds. The molecule has 2 unspecified atom stereocenters. The van der Waals surface area contributed by atoms with Crippen LogP contribution in [0.5, 0.6) is 5.75 Å². The summed E-state index contributed by atoms with van der Waals surface area (Å²) in [6.07, 6.45) is 0.0492. The van der Waals surface area contributed by atoms with Crippen LogP contribution < -0.4 is 20.7 Å². The van der Waals surface area contributed by atoms with Crippen molar-refractivity contribution in [3.63, 3.8) is 0 Å². The third-order valence-electron chi connectivity index (χ3n) is 6.39. The highest BCUT2D eigenvalue weighted by molar-refractivity contribution is 7.39. The van der Waals surface area contributed by atoms with Gasteiger partial charge >= 0.3 is 0 Å². The van der Waals surface area contributed by atoms with Crippen molar-refractivity contribution in [2.24, 2.45) is 0 Å². The van der Waals surface area contributed by atoms with Crippen LogP contribution in [0.1, 0.15) is 33.6 Å². The average molecular weight is 655 g/mol. The molecule has 1 fully saturated rings. The highest BCUT2D eigenvalue weighted by atomic mass is 31.0. The number of fused-ring (bicyclic) bond motifs is 1. The Balaban J connectivity index is 1.18. The van der Waals surface area contributed by atoms with Crippen LogP contribution in [0.15, 0.2) is 18.2 Å². The second-order valence-corrected chi connectivity index (χ2v) is 10.1. The van der Waals surface area contributed by atoms with Crippen molar-refractivity contribution in [1.82, 2.24) is 20.9 Å². The van der Waals surface area contributed by atoms with Crippen molar-refractivity contribution >= 4 is 44.4 Å². The van der Waals surface area contributed by atoms with E-state index in [2.05, 4.69) is 16.0 Å². The van der Waals surface area contributed by atoms with Gasteiger partial charge in [-0.3, -0.25) is 39.0 Å². The molecule has 1 aromatic carbocycles. The zero-order chi connectivity index (χ0) is 32.4. The number of nitrogens with one attached hydrogen (secondary N) is 3. The summed E-state index contributed by atoms with van der Waals surface area (Å²) >= 11 is 0. The maximum atomic E-state index is 13.1. The summed E-state index contributed by atoms with van der Waals surface area (Å²) in [5.74, 6) is -2.96. The van der Waals surface area contributed by atoms with E-state index in [9.17, 15) is 28.8 Å². The third-order valence-corrected chi connectivity index (χ3v) is 6.60. The fourth-order valence-electron chi connectivity index (χ4n) is 4.29.